The van der Waals surface area contributed by atoms with E-state index >= 15 is 0 Å². The van der Waals surface area contributed by atoms with Crippen molar-refractivity contribution in [2.24, 2.45) is 4.99 Å². The quantitative estimate of drug-likeness (QED) is 0.581. The van der Waals surface area contributed by atoms with Gasteiger partial charge in [0.05, 0.1) is 22.9 Å². The van der Waals surface area contributed by atoms with Gasteiger partial charge in [0.1, 0.15) is 22.1 Å². The van der Waals surface area contributed by atoms with E-state index in [0.29, 0.717) is 11.4 Å². The molecule has 2 aromatic heterocycles. The summed E-state index contributed by atoms with van der Waals surface area (Å²) in [5, 5.41) is 10.3. The highest BCUT2D eigenvalue weighted by Gasteiger charge is 2.27. The molecule has 0 aliphatic carbocycles. The van der Waals surface area contributed by atoms with Crippen LogP contribution in [0.5, 0.6) is 0 Å². The summed E-state index contributed by atoms with van der Waals surface area (Å²) in [5.41, 5.74) is 2.31. The molecule has 1 amide bonds. The van der Waals surface area contributed by atoms with Crippen LogP contribution in [0.25, 0.3) is 9.88 Å². The van der Waals surface area contributed by atoms with E-state index in [1.54, 1.807) is 36.6 Å². The molecule has 3 heterocycles. The fourth-order valence-electron chi connectivity index (χ4n) is 2.90. The largest absolute Gasteiger partial charge is 0.462 e. The van der Waals surface area contributed by atoms with Crippen LogP contribution in [0, 0.1) is 0 Å². The summed E-state index contributed by atoms with van der Waals surface area (Å²) in [6, 6.07) is 11.2. The first-order valence-electron chi connectivity index (χ1n) is 9.20. The molecule has 0 radical (unpaired) electrons. The van der Waals surface area contributed by atoms with Crippen LogP contribution in [0.15, 0.2) is 63.4 Å². The molecule has 0 fully saturated rings. The standard InChI is InChI=1S/C21H18N4O3S2/c1-3-28-21(27)17-12(2)22-13-7-4-5-8-14(13)23-18(17)25-19(26)15-11-30-20(24-15)16-9-6-10-29-16/h4-11,22H,3H2,1-2H3,(H,23,25,26). The van der Waals surface area contributed by atoms with Crippen LogP contribution in [0.1, 0.15) is 24.3 Å². The van der Waals surface area contributed by atoms with Crippen molar-refractivity contribution >= 4 is 51.8 Å². The number of esters is 1. The average Bonchev–Trinajstić information content (AvgIpc) is 3.39. The zero-order valence-corrected chi connectivity index (χ0v) is 17.9. The van der Waals surface area contributed by atoms with Gasteiger partial charge in [-0.1, -0.05) is 18.2 Å². The average molecular weight is 439 g/mol. The van der Waals surface area contributed by atoms with E-state index in [9.17, 15) is 9.59 Å². The maximum Gasteiger partial charge on any atom is 0.343 e. The fourth-order valence-corrected chi connectivity index (χ4v) is 4.52. The number of rotatable bonds is 4. The van der Waals surface area contributed by atoms with Crippen LogP contribution >= 0.6 is 22.7 Å². The number of carbonyl (C=O) groups is 2. The first-order valence-corrected chi connectivity index (χ1v) is 11.0. The summed E-state index contributed by atoms with van der Waals surface area (Å²) in [6.45, 7) is 3.68. The van der Waals surface area contributed by atoms with E-state index in [2.05, 4.69) is 20.6 Å². The second-order valence-corrected chi connectivity index (χ2v) is 8.10. The third kappa shape index (κ3) is 4.03. The summed E-state index contributed by atoms with van der Waals surface area (Å²) in [5.74, 6) is -0.882. The molecule has 0 saturated carbocycles. The smallest absolute Gasteiger partial charge is 0.343 e. The number of hydrogen-bond acceptors (Lipinski definition) is 8. The van der Waals surface area contributed by atoms with Crippen molar-refractivity contribution < 1.29 is 14.3 Å². The molecular weight excluding hydrogens is 420 g/mol. The number of carbonyl (C=O) groups excluding carboxylic acids is 2. The number of ether oxygens (including phenoxy) is 1. The van der Waals surface area contributed by atoms with Crippen molar-refractivity contribution in [2.45, 2.75) is 13.8 Å². The highest BCUT2D eigenvalue weighted by Crippen LogP contribution is 2.31. The summed E-state index contributed by atoms with van der Waals surface area (Å²) in [7, 11) is 0. The zero-order valence-electron chi connectivity index (χ0n) is 16.3. The molecular formula is C21H18N4O3S2. The minimum Gasteiger partial charge on any atom is -0.462 e. The maximum atomic E-state index is 12.9. The molecule has 152 valence electrons. The molecule has 1 aromatic carbocycles. The number of anilines is 1. The number of thiazole rings is 1. The molecule has 2 N–H and O–H groups in total. The predicted octanol–water partition coefficient (Wildman–Crippen LogP) is 4.59. The van der Waals surface area contributed by atoms with E-state index in [-0.39, 0.29) is 23.7 Å². The molecule has 1 aliphatic heterocycles. The third-order valence-electron chi connectivity index (χ3n) is 4.25. The zero-order chi connectivity index (χ0) is 21.1. The van der Waals surface area contributed by atoms with E-state index < -0.39 is 11.9 Å². The lowest BCUT2D eigenvalue weighted by atomic mass is 10.2. The normalized spacial score (nSPS) is 13.1. The number of hydrogen-bond donors (Lipinski definition) is 2. The van der Waals surface area contributed by atoms with Gasteiger partial charge in [-0.05, 0) is 37.4 Å². The SMILES string of the molecule is CCOC(=O)C1=C(C)Nc2ccccc2N=C1NC(=O)c1csc(-c2cccs2)n1. The molecule has 0 unspecified atom stereocenters. The van der Waals surface area contributed by atoms with Crippen molar-refractivity contribution in [3.8, 4) is 9.88 Å². The topological polar surface area (TPSA) is 92.7 Å². The van der Waals surface area contributed by atoms with E-state index in [4.69, 9.17) is 4.74 Å². The van der Waals surface area contributed by atoms with Gasteiger partial charge in [0.2, 0.25) is 0 Å². The third-order valence-corrected chi connectivity index (χ3v) is 6.13. The number of fused-ring (bicyclic) bond motifs is 1. The second kappa shape index (κ2) is 8.60. The van der Waals surface area contributed by atoms with Gasteiger partial charge in [-0.2, -0.15) is 0 Å². The van der Waals surface area contributed by atoms with Gasteiger partial charge >= 0.3 is 5.97 Å². The molecule has 3 aromatic rings. The number of thiophene rings is 1. The summed E-state index contributed by atoms with van der Waals surface area (Å²) < 4.78 is 5.20. The summed E-state index contributed by atoms with van der Waals surface area (Å²) in [4.78, 5) is 35.5. The Hall–Kier alpha value is -3.30. The Morgan fingerprint density at radius 1 is 1.17 bits per heavy atom. The lowest BCUT2D eigenvalue weighted by molar-refractivity contribution is -0.137. The van der Waals surface area contributed by atoms with Crippen LogP contribution in [0.2, 0.25) is 0 Å². The van der Waals surface area contributed by atoms with Gasteiger partial charge in [-0.25, -0.2) is 14.8 Å². The first-order chi connectivity index (χ1) is 14.6. The van der Waals surface area contributed by atoms with Crippen molar-refractivity contribution in [3.05, 3.63) is 64.1 Å². The number of nitrogens with one attached hydrogen (secondary N) is 2. The van der Waals surface area contributed by atoms with Gasteiger partial charge in [0.25, 0.3) is 5.91 Å². The number of para-hydroxylation sites is 2. The predicted molar refractivity (Wildman–Crippen MR) is 119 cm³/mol. The Morgan fingerprint density at radius 2 is 2.00 bits per heavy atom. The van der Waals surface area contributed by atoms with Crippen LogP contribution in [-0.2, 0) is 9.53 Å². The van der Waals surface area contributed by atoms with Crippen LogP contribution < -0.4 is 10.6 Å². The molecule has 1 aliphatic rings. The van der Waals surface area contributed by atoms with Crippen molar-refractivity contribution in [3.63, 3.8) is 0 Å². The number of aliphatic imine (C=N–C) groups is 1. The van der Waals surface area contributed by atoms with E-state index in [1.165, 1.54) is 11.3 Å². The minimum atomic E-state index is -0.563. The van der Waals surface area contributed by atoms with Gasteiger partial charge in [-0.15, -0.1) is 22.7 Å². The van der Waals surface area contributed by atoms with Crippen molar-refractivity contribution in [1.29, 1.82) is 0 Å². The summed E-state index contributed by atoms with van der Waals surface area (Å²) in [6.07, 6.45) is 0. The Bertz CT molecular complexity index is 1160. The van der Waals surface area contributed by atoms with Crippen LogP contribution in [0.3, 0.4) is 0 Å². The van der Waals surface area contributed by atoms with Crippen molar-refractivity contribution in [2.75, 3.05) is 11.9 Å². The number of amidine groups is 1. The van der Waals surface area contributed by atoms with E-state index in [1.807, 2.05) is 35.7 Å². The Labute approximate surface area is 181 Å². The Morgan fingerprint density at radius 3 is 2.77 bits per heavy atom. The van der Waals surface area contributed by atoms with Crippen LogP contribution in [0.4, 0.5) is 11.4 Å². The Balaban J connectivity index is 1.68. The summed E-state index contributed by atoms with van der Waals surface area (Å²) >= 11 is 2.95. The molecule has 0 saturated heterocycles. The molecule has 30 heavy (non-hydrogen) atoms. The number of aromatic nitrogens is 1. The monoisotopic (exact) mass is 438 g/mol. The number of benzene rings is 1. The molecule has 7 nitrogen and oxygen atoms in total. The lowest BCUT2D eigenvalue weighted by Crippen LogP contribution is -2.35. The molecule has 0 spiro atoms. The Kier molecular flexibility index (Phi) is 5.73. The number of nitrogens with zero attached hydrogens (tertiary/aromatic N) is 2. The fraction of sp³-hybridized carbons (Fsp3) is 0.143. The van der Waals surface area contributed by atoms with Crippen molar-refractivity contribution in [1.82, 2.24) is 10.3 Å². The first kappa shape index (κ1) is 20.0. The van der Waals surface area contributed by atoms with Gasteiger partial charge in [-0.3, -0.25) is 4.79 Å². The van der Waals surface area contributed by atoms with Crippen LogP contribution in [-0.4, -0.2) is 29.3 Å². The minimum absolute atomic E-state index is 0.124. The highest BCUT2D eigenvalue weighted by molar-refractivity contribution is 7.20. The highest BCUT2D eigenvalue weighted by atomic mass is 32.1. The maximum absolute atomic E-state index is 12.9. The molecule has 9 heteroatoms. The van der Waals surface area contributed by atoms with E-state index in [0.717, 1.165) is 15.6 Å². The number of amides is 1. The molecule has 0 bridgehead atoms. The molecule has 0 atom stereocenters. The lowest BCUT2D eigenvalue weighted by Gasteiger charge is -2.12. The van der Waals surface area contributed by atoms with Gasteiger partial charge in [0, 0.05) is 11.1 Å². The second-order valence-electron chi connectivity index (χ2n) is 6.29. The molecule has 4 rings (SSSR count). The van der Waals surface area contributed by atoms with Gasteiger partial charge < -0.3 is 15.4 Å². The van der Waals surface area contributed by atoms with Gasteiger partial charge in [0.15, 0.2) is 0 Å². The number of allylic oxidation sites excluding steroid dienone is 1.